The van der Waals surface area contributed by atoms with Crippen molar-refractivity contribution in [1.82, 2.24) is 5.43 Å². The first-order valence-electron chi connectivity index (χ1n) is 9.45. The molecule has 7 heteroatoms. The van der Waals surface area contributed by atoms with Crippen molar-refractivity contribution in [3.63, 3.8) is 0 Å². The van der Waals surface area contributed by atoms with E-state index in [-0.39, 0.29) is 12.5 Å². The van der Waals surface area contributed by atoms with E-state index in [1.807, 2.05) is 66.7 Å². The van der Waals surface area contributed by atoms with Crippen LogP contribution in [0.4, 0.5) is 0 Å². The molecule has 0 aliphatic heterocycles. The van der Waals surface area contributed by atoms with Gasteiger partial charge in [0.2, 0.25) is 0 Å². The number of methoxy groups -OCH3 is 1. The predicted octanol–water partition coefficient (Wildman–Crippen LogP) is 6.06. The number of hydrogen-bond acceptors (Lipinski definition) is 4. The molecule has 0 radical (unpaired) electrons. The largest absolute Gasteiger partial charge is 0.496 e. The lowest BCUT2D eigenvalue weighted by molar-refractivity contribution is -0.123. The van der Waals surface area contributed by atoms with Gasteiger partial charge in [-0.05, 0) is 62.4 Å². The van der Waals surface area contributed by atoms with Crippen LogP contribution in [-0.2, 0) is 4.79 Å². The van der Waals surface area contributed by atoms with E-state index >= 15 is 0 Å². The van der Waals surface area contributed by atoms with Gasteiger partial charge in [-0.3, -0.25) is 4.79 Å². The van der Waals surface area contributed by atoms with Gasteiger partial charge in [0.15, 0.2) is 6.61 Å². The smallest absolute Gasteiger partial charge is 0.277 e. The number of benzene rings is 4. The number of nitrogens with zero attached hydrogens (tertiary/aromatic N) is 1. The minimum absolute atomic E-state index is 0.151. The summed E-state index contributed by atoms with van der Waals surface area (Å²) in [6, 6.07) is 21.4. The van der Waals surface area contributed by atoms with E-state index < -0.39 is 0 Å². The van der Waals surface area contributed by atoms with Gasteiger partial charge in [-0.15, -0.1) is 0 Å². The van der Waals surface area contributed by atoms with Gasteiger partial charge in [-0.25, -0.2) is 5.43 Å². The monoisotopic (exact) mass is 540 g/mol. The molecule has 1 N–H and O–H groups in total. The second-order valence-electron chi connectivity index (χ2n) is 6.73. The number of carbonyl (C=O) groups is 1. The van der Waals surface area contributed by atoms with Gasteiger partial charge >= 0.3 is 0 Å². The van der Waals surface area contributed by atoms with E-state index in [1.54, 1.807) is 13.3 Å². The Morgan fingerprint density at radius 3 is 2.55 bits per heavy atom. The van der Waals surface area contributed by atoms with Gasteiger partial charge in [-0.2, -0.15) is 5.10 Å². The van der Waals surface area contributed by atoms with Crippen molar-refractivity contribution in [2.24, 2.45) is 5.10 Å². The Bertz CT molecular complexity index is 1300. The zero-order valence-electron chi connectivity index (χ0n) is 16.6. The van der Waals surface area contributed by atoms with E-state index in [0.29, 0.717) is 5.75 Å². The zero-order chi connectivity index (χ0) is 21.8. The maximum absolute atomic E-state index is 12.2. The van der Waals surface area contributed by atoms with Crippen molar-refractivity contribution >= 4 is 65.5 Å². The molecule has 0 atom stereocenters. The zero-order valence-corrected chi connectivity index (χ0v) is 19.7. The molecule has 0 saturated heterocycles. The third-order valence-electron chi connectivity index (χ3n) is 4.77. The van der Waals surface area contributed by atoms with E-state index in [4.69, 9.17) is 9.47 Å². The quantitative estimate of drug-likeness (QED) is 0.238. The van der Waals surface area contributed by atoms with Crippen molar-refractivity contribution in [1.29, 1.82) is 0 Å². The first-order chi connectivity index (χ1) is 15.1. The van der Waals surface area contributed by atoms with Crippen molar-refractivity contribution in [2.45, 2.75) is 0 Å². The number of rotatable bonds is 6. The lowest BCUT2D eigenvalue weighted by Crippen LogP contribution is -2.24. The summed E-state index contributed by atoms with van der Waals surface area (Å²) in [6.45, 7) is -0.151. The fraction of sp³-hybridized carbons (Fsp3) is 0.0833. The molecule has 5 nitrogen and oxygen atoms in total. The fourth-order valence-corrected chi connectivity index (χ4v) is 4.28. The number of amides is 1. The van der Waals surface area contributed by atoms with Crippen LogP contribution in [0, 0.1) is 0 Å². The summed E-state index contributed by atoms with van der Waals surface area (Å²) in [4.78, 5) is 12.2. The Labute approximate surface area is 196 Å². The summed E-state index contributed by atoms with van der Waals surface area (Å²) in [5.74, 6) is 1.03. The van der Waals surface area contributed by atoms with E-state index in [0.717, 1.165) is 41.8 Å². The molecule has 0 aliphatic carbocycles. The Hall–Kier alpha value is -2.90. The molecule has 31 heavy (non-hydrogen) atoms. The number of halogens is 2. The summed E-state index contributed by atoms with van der Waals surface area (Å²) in [5.41, 5.74) is 3.39. The maximum Gasteiger partial charge on any atom is 0.277 e. The highest BCUT2D eigenvalue weighted by atomic mass is 79.9. The van der Waals surface area contributed by atoms with Crippen LogP contribution >= 0.6 is 31.9 Å². The van der Waals surface area contributed by atoms with Crippen LogP contribution in [0.1, 0.15) is 5.56 Å². The van der Waals surface area contributed by atoms with E-state index in [2.05, 4.69) is 42.4 Å². The molecule has 4 rings (SSSR count). The van der Waals surface area contributed by atoms with Gasteiger partial charge in [-0.1, -0.05) is 52.3 Å². The summed E-state index contributed by atoms with van der Waals surface area (Å²) >= 11 is 7.03. The molecular formula is C24H18Br2N2O3. The summed E-state index contributed by atoms with van der Waals surface area (Å²) < 4.78 is 12.9. The molecule has 1 amide bonds. The summed E-state index contributed by atoms with van der Waals surface area (Å²) in [7, 11) is 1.64. The van der Waals surface area contributed by atoms with Crippen molar-refractivity contribution in [3.8, 4) is 11.5 Å². The lowest BCUT2D eigenvalue weighted by Gasteiger charge is -2.10. The Balaban J connectivity index is 1.42. The SMILES string of the molecule is COc1ccc(C=NNC(=O)COc2ccc3cc(Br)ccc3c2Br)c2ccccc12. The highest BCUT2D eigenvalue weighted by molar-refractivity contribution is 9.11. The van der Waals surface area contributed by atoms with Crippen LogP contribution in [0.25, 0.3) is 21.5 Å². The lowest BCUT2D eigenvalue weighted by atomic mass is 10.0. The third-order valence-corrected chi connectivity index (χ3v) is 6.08. The van der Waals surface area contributed by atoms with Gasteiger partial charge in [0.05, 0.1) is 17.8 Å². The van der Waals surface area contributed by atoms with Crippen LogP contribution in [0.15, 0.2) is 80.8 Å². The van der Waals surface area contributed by atoms with Crippen LogP contribution < -0.4 is 14.9 Å². The van der Waals surface area contributed by atoms with Crippen molar-refractivity contribution < 1.29 is 14.3 Å². The van der Waals surface area contributed by atoms with Crippen LogP contribution in [0.2, 0.25) is 0 Å². The van der Waals surface area contributed by atoms with Crippen LogP contribution in [0.3, 0.4) is 0 Å². The molecular weight excluding hydrogens is 524 g/mol. The summed E-state index contributed by atoms with van der Waals surface area (Å²) in [5, 5.41) is 8.12. The molecule has 0 heterocycles. The first kappa shape index (κ1) is 21.3. The number of hydrogen-bond donors (Lipinski definition) is 1. The minimum Gasteiger partial charge on any atom is -0.496 e. The van der Waals surface area contributed by atoms with Crippen molar-refractivity contribution in [3.05, 3.63) is 81.2 Å². The second-order valence-corrected chi connectivity index (χ2v) is 8.44. The normalized spacial score (nSPS) is 11.2. The minimum atomic E-state index is -0.350. The highest BCUT2D eigenvalue weighted by Crippen LogP contribution is 2.34. The predicted molar refractivity (Wildman–Crippen MR) is 131 cm³/mol. The molecule has 156 valence electrons. The Kier molecular flexibility index (Phi) is 6.53. The molecule has 0 bridgehead atoms. The van der Waals surface area contributed by atoms with Gasteiger partial charge < -0.3 is 9.47 Å². The number of hydrazone groups is 1. The van der Waals surface area contributed by atoms with E-state index in [1.165, 1.54) is 0 Å². The standard InChI is InChI=1S/C24H18Br2N2O3/c1-30-21-10-7-16(18-4-2-3-5-20(18)21)13-27-28-23(29)14-31-22-11-6-15-12-17(25)8-9-19(15)24(22)26/h2-13H,14H2,1H3,(H,28,29). The topological polar surface area (TPSA) is 59.9 Å². The first-order valence-corrected chi connectivity index (χ1v) is 11.0. The van der Waals surface area contributed by atoms with E-state index in [9.17, 15) is 4.79 Å². The molecule has 0 fully saturated rings. The molecule has 0 unspecified atom stereocenters. The Morgan fingerprint density at radius 1 is 0.968 bits per heavy atom. The van der Waals surface area contributed by atoms with Gasteiger partial charge in [0.25, 0.3) is 5.91 Å². The molecule has 0 aliphatic rings. The fourth-order valence-electron chi connectivity index (χ4n) is 3.29. The summed E-state index contributed by atoms with van der Waals surface area (Å²) in [6.07, 6.45) is 1.61. The number of nitrogens with one attached hydrogen (secondary N) is 1. The number of carbonyl (C=O) groups excluding carboxylic acids is 1. The molecule has 4 aromatic rings. The maximum atomic E-state index is 12.2. The second kappa shape index (κ2) is 9.49. The molecule has 0 saturated carbocycles. The highest BCUT2D eigenvalue weighted by Gasteiger charge is 2.09. The van der Waals surface area contributed by atoms with Crippen LogP contribution in [-0.4, -0.2) is 25.8 Å². The molecule has 0 spiro atoms. The van der Waals surface area contributed by atoms with Crippen LogP contribution in [0.5, 0.6) is 11.5 Å². The number of ether oxygens (including phenoxy) is 2. The average Bonchev–Trinajstić information content (AvgIpc) is 2.78. The van der Waals surface area contributed by atoms with Gasteiger partial charge in [0.1, 0.15) is 11.5 Å². The average molecular weight is 542 g/mol. The molecule has 0 aromatic heterocycles. The van der Waals surface area contributed by atoms with Gasteiger partial charge in [0, 0.05) is 15.4 Å². The number of fused-ring (bicyclic) bond motifs is 2. The third kappa shape index (κ3) is 4.73. The Morgan fingerprint density at radius 2 is 1.74 bits per heavy atom. The molecule has 4 aromatic carbocycles. The van der Waals surface area contributed by atoms with Crippen molar-refractivity contribution in [2.75, 3.05) is 13.7 Å².